The minimum atomic E-state index is -2.87. The first kappa shape index (κ1) is 19.2. The Morgan fingerprint density at radius 2 is 1.96 bits per heavy atom. The van der Waals surface area contributed by atoms with Crippen LogP contribution in [-0.2, 0) is 12.5 Å². The van der Waals surface area contributed by atoms with E-state index in [1.807, 2.05) is 25.1 Å². The number of pyridine rings is 1. The van der Waals surface area contributed by atoms with E-state index in [4.69, 9.17) is 4.74 Å². The van der Waals surface area contributed by atoms with Crippen LogP contribution < -0.4 is 10.1 Å². The molecule has 0 amide bonds. The van der Waals surface area contributed by atoms with E-state index in [-0.39, 0.29) is 5.56 Å². The number of aryl methyl sites for hydroxylation is 1. The Balaban J connectivity index is 1.99. The fourth-order valence-corrected chi connectivity index (χ4v) is 2.42. The topological polar surface area (TPSA) is 34.1 Å². The van der Waals surface area contributed by atoms with Gasteiger partial charge in [0, 0.05) is 30.8 Å². The summed E-state index contributed by atoms with van der Waals surface area (Å²) in [6.07, 6.45) is 4.55. The highest BCUT2D eigenvalue weighted by molar-refractivity contribution is 5.42. The van der Waals surface area contributed by atoms with Gasteiger partial charge in [-0.1, -0.05) is 31.9 Å². The van der Waals surface area contributed by atoms with Crippen LogP contribution in [0.25, 0.3) is 0 Å². The number of hydrogen-bond acceptors (Lipinski definition) is 3. The van der Waals surface area contributed by atoms with Crippen LogP contribution in [0.2, 0.25) is 0 Å². The summed E-state index contributed by atoms with van der Waals surface area (Å²) in [6.45, 7) is 6.28. The maximum atomic E-state index is 13.2. The molecule has 1 N–H and O–H groups in total. The molecule has 0 fully saturated rings. The number of nitrogens with zero attached hydrogens (tertiary/aromatic N) is 1. The Bertz CT molecular complexity index is 666. The molecule has 0 unspecified atom stereocenters. The maximum absolute atomic E-state index is 13.2. The minimum absolute atomic E-state index is 0.0895. The Morgan fingerprint density at radius 1 is 1.16 bits per heavy atom. The van der Waals surface area contributed by atoms with Gasteiger partial charge in [0.05, 0.1) is 6.61 Å². The van der Waals surface area contributed by atoms with Gasteiger partial charge in [0.15, 0.2) is 0 Å². The summed E-state index contributed by atoms with van der Waals surface area (Å²) in [5.74, 6) is -1.45. The molecule has 136 valence electrons. The van der Waals surface area contributed by atoms with Crippen molar-refractivity contribution in [1.82, 2.24) is 4.98 Å². The maximum Gasteiger partial charge on any atom is 0.272 e. The molecule has 0 aliphatic rings. The first-order valence-electron chi connectivity index (χ1n) is 8.70. The van der Waals surface area contributed by atoms with Crippen LogP contribution >= 0.6 is 0 Å². The van der Waals surface area contributed by atoms with Gasteiger partial charge in [-0.2, -0.15) is 0 Å². The van der Waals surface area contributed by atoms with Crippen molar-refractivity contribution in [2.45, 2.75) is 52.5 Å². The average molecular weight is 348 g/mol. The third kappa shape index (κ3) is 6.00. The lowest BCUT2D eigenvalue weighted by atomic mass is 10.1. The molecule has 3 nitrogen and oxygen atoms in total. The van der Waals surface area contributed by atoms with E-state index >= 15 is 0 Å². The Hall–Kier alpha value is -2.17. The van der Waals surface area contributed by atoms with Gasteiger partial charge in [0.2, 0.25) is 0 Å². The molecular weight excluding hydrogens is 322 g/mol. The van der Waals surface area contributed by atoms with Crippen LogP contribution in [0.4, 0.5) is 14.6 Å². The number of rotatable bonds is 9. The minimum Gasteiger partial charge on any atom is -0.493 e. The molecule has 0 radical (unpaired) electrons. The smallest absolute Gasteiger partial charge is 0.272 e. The fraction of sp³-hybridized carbons (Fsp3) is 0.450. The molecule has 0 aliphatic heterocycles. The quantitative estimate of drug-likeness (QED) is 0.592. The second-order valence-corrected chi connectivity index (χ2v) is 6.34. The summed E-state index contributed by atoms with van der Waals surface area (Å²) >= 11 is 0. The molecule has 0 saturated heterocycles. The number of anilines is 1. The van der Waals surface area contributed by atoms with E-state index in [1.165, 1.54) is 12.3 Å². The lowest BCUT2D eigenvalue weighted by Gasteiger charge is -2.14. The molecule has 1 aromatic carbocycles. The predicted octanol–water partition coefficient (Wildman–Crippen LogP) is 5.68. The molecule has 25 heavy (non-hydrogen) atoms. The summed E-state index contributed by atoms with van der Waals surface area (Å²) in [5, 5.41) is 3.17. The van der Waals surface area contributed by atoms with Crippen molar-refractivity contribution < 1.29 is 13.5 Å². The molecule has 2 rings (SSSR count). The van der Waals surface area contributed by atoms with Gasteiger partial charge in [-0.15, -0.1) is 0 Å². The highest BCUT2D eigenvalue weighted by atomic mass is 19.3. The van der Waals surface area contributed by atoms with Crippen LogP contribution in [0.1, 0.15) is 49.8 Å². The molecule has 0 bridgehead atoms. The largest absolute Gasteiger partial charge is 0.493 e. The number of halogens is 2. The summed E-state index contributed by atoms with van der Waals surface area (Å²) in [6, 6.07) is 9.04. The van der Waals surface area contributed by atoms with E-state index in [2.05, 4.69) is 17.2 Å². The summed E-state index contributed by atoms with van der Waals surface area (Å²) in [4.78, 5) is 4.06. The van der Waals surface area contributed by atoms with Gasteiger partial charge in [-0.3, -0.25) is 0 Å². The third-order valence-corrected chi connectivity index (χ3v) is 3.96. The van der Waals surface area contributed by atoms with Crippen molar-refractivity contribution in [3.05, 3.63) is 53.2 Å². The van der Waals surface area contributed by atoms with Crippen LogP contribution in [0, 0.1) is 6.92 Å². The standard InChI is InChI=1S/C20H26F2N2O/c1-4-5-6-11-25-18-12-15(2)7-8-16(18)13-23-19-10-9-17(14-24-19)20(3,21)22/h7-10,12,14H,4-6,11,13H2,1-3H3,(H,23,24). The zero-order valence-electron chi connectivity index (χ0n) is 15.1. The van der Waals surface area contributed by atoms with E-state index in [1.54, 1.807) is 6.07 Å². The van der Waals surface area contributed by atoms with Crippen LogP contribution in [0.3, 0.4) is 0 Å². The van der Waals surface area contributed by atoms with Crippen molar-refractivity contribution in [2.24, 2.45) is 0 Å². The third-order valence-electron chi connectivity index (χ3n) is 3.96. The highest BCUT2D eigenvalue weighted by Crippen LogP contribution is 2.27. The molecule has 2 aromatic rings. The van der Waals surface area contributed by atoms with Crippen molar-refractivity contribution in [2.75, 3.05) is 11.9 Å². The normalized spacial score (nSPS) is 11.4. The van der Waals surface area contributed by atoms with Gasteiger partial charge in [-0.25, -0.2) is 13.8 Å². The van der Waals surface area contributed by atoms with Gasteiger partial charge in [-0.05, 0) is 37.1 Å². The van der Waals surface area contributed by atoms with Crippen molar-refractivity contribution in [1.29, 1.82) is 0 Å². The highest BCUT2D eigenvalue weighted by Gasteiger charge is 2.24. The first-order valence-corrected chi connectivity index (χ1v) is 8.70. The molecule has 0 aliphatic carbocycles. The van der Waals surface area contributed by atoms with Gasteiger partial charge in [0.25, 0.3) is 5.92 Å². The van der Waals surface area contributed by atoms with Crippen molar-refractivity contribution in [3.8, 4) is 5.75 Å². The van der Waals surface area contributed by atoms with Crippen molar-refractivity contribution >= 4 is 5.82 Å². The number of ether oxygens (including phenoxy) is 1. The molecule has 0 atom stereocenters. The number of aromatic nitrogens is 1. The zero-order valence-corrected chi connectivity index (χ0v) is 15.1. The lowest BCUT2D eigenvalue weighted by Crippen LogP contribution is -2.09. The number of nitrogens with one attached hydrogen (secondary N) is 1. The van der Waals surface area contributed by atoms with E-state index in [0.29, 0.717) is 19.0 Å². The second-order valence-electron chi connectivity index (χ2n) is 6.34. The average Bonchev–Trinajstić information content (AvgIpc) is 2.57. The molecule has 5 heteroatoms. The van der Waals surface area contributed by atoms with Gasteiger partial charge < -0.3 is 10.1 Å². The summed E-state index contributed by atoms with van der Waals surface area (Å²) in [5.41, 5.74) is 2.07. The Morgan fingerprint density at radius 3 is 2.60 bits per heavy atom. The summed E-state index contributed by atoms with van der Waals surface area (Å²) < 4.78 is 32.4. The summed E-state index contributed by atoms with van der Waals surface area (Å²) in [7, 11) is 0. The monoisotopic (exact) mass is 348 g/mol. The fourth-order valence-electron chi connectivity index (χ4n) is 2.42. The molecular formula is C20H26F2N2O. The van der Waals surface area contributed by atoms with Crippen LogP contribution in [-0.4, -0.2) is 11.6 Å². The number of benzene rings is 1. The van der Waals surface area contributed by atoms with E-state index in [0.717, 1.165) is 43.1 Å². The molecule has 1 heterocycles. The Labute approximate surface area is 148 Å². The Kier molecular flexibility index (Phi) is 6.73. The molecule has 1 aromatic heterocycles. The SMILES string of the molecule is CCCCCOc1cc(C)ccc1CNc1ccc(C(C)(F)F)cn1. The van der Waals surface area contributed by atoms with Gasteiger partial charge in [0.1, 0.15) is 11.6 Å². The van der Waals surface area contributed by atoms with E-state index < -0.39 is 5.92 Å². The number of unbranched alkanes of at least 4 members (excludes halogenated alkanes) is 2. The molecule has 0 spiro atoms. The first-order chi connectivity index (χ1) is 11.9. The molecule has 0 saturated carbocycles. The van der Waals surface area contributed by atoms with Crippen molar-refractivity contribution in [3.63, 3.8) is 0 Å². The van der Waals surface area contributed by atoms with Crippen LogP contribution in [0.5, 0.6) is 5.75 Å². The van der Waals surface area contributed by atoms with E-state index in [9.17, 15) is 8.78 Å². The number of alkyl halides is 2. The number of hydrogen-bond donors (Lipinski definition) is 1. The lowest BCUT2D eigenvalue weighted by molar-refractivity contribution is 0.0171. The zero-order chi connectivity index (χ0) is 18.3. The van der Waals surface area contributed by atoms with Crippen LogP contribution in [0.15, 0.2) is 36.5 Å². The van der Waals surface area contributed by atoms with Gasteiger partial charge >= 0.3 is 0 Å². The second kappa shape index (κ2) is 8.79. The predicted molar refractivity (Wildman–Crippen MR) is 97.3 cm³/mol.